The first-order chi connectivity index (χ1) is 15.4. The number of ether oxygens (including phenoxy) is 3. The van der Waals surface area contributed by atoms with Crippen LogP contribution < -0.4 is 15.4 Å². The molecule has 172 valence electrons. The fraction of sp³-hybridized carbons (Fsp3) is 0.476. The molecule has 5 amide bonds. The molecular formula is C21H25N3O8. The molecule has 1 unspecified atom stereocenters. The molecule has 0 bridgehead atoms. The predicted octanol–water partition coefficient (Wildman–Crippen LogP) is -0.364. The second-order valence-electron chi connectivity index (χ2n) is 7.07. The van der Waals surface area contributed by atoms with Gasteiger partial charge >= 0.3 is 0 Å². The lowest BCUT2D eigenvalue weighted by atomic mass is 10.0. The standard InChI is InChI=1S/C21H25N3O8/c1-2-30-10-11-31-9-8-22-17(26)12-32-15-5-3-4-13-18(15)21(29)24(20(13)28)14-6-7-16(25)23-19(14)27/h3-5,14H,2,6-12H2,1H3,(H,22,26)(H,23,25,27). The third-order valence-electron chi connectivity index (χ3n) is 4.93. The van der Waals surface area contributed by atoms with E-state index in [4.69, 9.17) is 14.2 Å². The Morgan fingerprint density at radius 1 is 1.12 bits per heavy atom. The molecule has 2 N–H and O–H groups in total. The Labute approximate surface area is 184 Å². The molecule has 2 aliphatic heterocycles. The summed E-state index contributed by atoms with van der Waals surface area (Å²) in [7, 11) is 0. The second kappa shape index (κ2) is 10.8. The lowest BCUT2D eigenvalue weighted by Gasteiger charge is -2.27. The highest BCUT2D eigenvalue weighted by Gasteiger charge is 2.46. The van der Waals surface area contributed by atoms with Crippen LogP contribution in [0.3, 0.4) is 0 Å². The van der Waals surface area contributed by atoms with Gasteiger partial charge in [-0.1, -0.05) is 6.07 Å². The number of fused-ring (bicyclic) bond motifs is 1. The molecule has 2 aliphatic rings. The van der Waals surface area contributed by atoms with Crippen molar-refractivity contribution in [1.29, 1.82) is 0 Å². The van der Waals surface area contributed by atoms with E-state index in [-0.39, 0.29) is 42.9 Å². The smallest absolute Gasteiger partial charge is 0.266 e. The van der Waals surface area contributed by atoms with Gasteiger partial charge in [-0.15, -0.1) is 0 Å². The van der Waals surface area contributed by atoms with E-state index in [1.54, 1.807) is 0 Å². The number of imide groups is 2. The minimum atomic E-state index is -1.07. The molecule has 1 aromatic rings. The highest BCUT2D eigenvalue weighted by Crippen LogP contribution is 2.33. The van der Waals surface area contributed by atoms with Crippen molar-refractivity contribution in [2.75, 3.05) is 39.6 Å². The minimum absolute atomic E-state index is 0.00532. The topological polar surface area (TPSA) is 140 Å². The Kier molecular flexibility index (Phi) is 7.90. The summed E-state index contributed by atoms with van der Waals surface area (Å²) in [5, 5.41) is 4.77. The minimum Gasteiger partial charge on any atom is -0.483 e. The molecule has 0 radical (unpaired) electrons. The van der Waals surface area contributed by atoms with Gasteiger partial charge < -0.3 is 19.5 Å². The van der Waals surface area contributed by atoms with Crippen molar-refractivity contribution in [3.05, 3.63) is 29.3 Å². The Bertz CT molecular complexity index is 916. The van der Waals surface area contributed by atoms with E-state index in [1.807, 2.05) is 6.92 Å². The highest BCUT2D eigenvalue weighted by molar-refractivity contribution is 6.24. The fourth-order valence-electron chi connectivity index (χ4n) is 3.43. The number of rotatable bonds is 11. The Hall–Kier alpha value is -3.31. The third kappa shape index (κ3) is 5.29. The van der Waals surface area contributed by atoms with Crippen LogP contribution in [0.5, 0.6) is 5.75 Å². The zero-order chi connectivity index (χ0) is 23.1. The highest BCUT2D eigenvalue weighted by atomic mass is 16.5. The number of hydrogen-bond acceptors (Lipinski definition) is 8. The number of hydrogen-bond donors (Lipinski definition) is 2. The maximum Gasteiger partial charge on any atom is 0.266 e. The average Bonchev–Trinajstić information content (AvgIpc) is 3.02. The molecule has 0 spiro atoms. The molecule has 1 aromatic carbocycles. The first kappa shape index (κ1) is 23.4. The number of nitrogens with one attached hydrogen (secondary N) is 2. The van der Waals surface area contributed by atoms with Gasteiger partial charge in [-0.05, 0) is 25.5 Å². The van der Waals surface area contributed by atoms with Crippen molar-refractivity contribution in [2.45, 2.75) is 25.8 Å². The molecule has 0 aromatic heterocycles. The van der Waals surface area contributed by atoms with Gasteiger partial charge in [-0.3, -0.25) is 34.2 Å². The van der Waals surface area contributed by atoms with E-state index in [0.29, 0.717) is 26.4 Å². The number of amides is 5. The van der Waals surface area contributed by atoms with Crippen molar-refractivity contribution in [2.24, 2.45) is 0 Å². The van der Waals surface area contributed by atoms with Gasteiger partial charge in [0.25, 0.3) is 17.7 Å². The van der Waals surface area contributed by atoms with Gasteiger partial charge in [0, 0.05) is 19.6 Å². The summed E-state index contributed by atoms with van der Waals surface area (Å²) in [6.07, 6.45) is 0.0874. The molecule has 0 aliphatic carbocycles. The first-order valence-electron chi connectivity index (χ1n) is 10.3. The summed E-state index contributed by atoms with van der Waals surface area (Å²) in [5.74, 6) is -2.83. The van der Waals surface area contributed by atoms with Gasteiger partial charge in [0.2, 0.25) is 11.8 Å². The van der Waals surface area contributed by atoms with E-state index >= 15 is 0 Å². The molecular weight excluding hydrogens is 422 g/mol. The van der Waals surface area contributed by atoms with Crippen molar-refractivity contribution in [3.63, 3.8) is 0 Å². The fourth-order valence-corrected chi connectivity index (χ4v) is 3.43. The van der Waals surface area contributed by atoms with Crippen LogP contribution in [0.2, 0.25) is 0 Å². The Morgan fingerprint density at radius 3 is 2.66 bits per heavy atom. The molecule has 1 fully saturated rings. The van der Waals surface area contributed by atoms with Crippen LogP contribution in [0.15, 0.2) is 18.2 Å². The number of benzene rings is 1. The van der Waals surface area contributed by atoms with Gasteiger partial charge in [0.15, 0.2) is 6.61 Å². The van der Waals surface area contributed by atoms with E-state index in [9.17, 15) is 24.0 Å². The zero-order valence-electron chi connectivity index (χ0n) is 17.7. The lowest BCUT2D eigenvalue weighted by Crippen LogP contribution is -2.54. The van der Waals surface area contributed by atoms with Crippen LogP contribution in [0.1, 0.15) is 40.5 Å². The molecule has 1 atom stereocenters. The van der Waals surface area contributed by atoms with E-state index in [1.165, 1.54) is 18.2 Å². The number of piperidine rings is 1. The van der Waals surface area contributed by atoms with Gasteiger partial charge in [-0.25, -0.2) is 0 Å². The first-order valence-corrected chi connectivity index (χ1v) is 10.3. The summed E-state index contributed by atoms with van der Waals surface area (Å²) < 4.78 is 15.9. The summed E-state index contributed by atoms with van der Waals surface area (Å²) in [5.41, 5.74) is 0.0783. The second-order valence-corrected chi connectivity index (χ2v) is 7.07. The summed E-state index contributed by atoms with van der Waals surface area (Å²) in [4.78, 5) is 62.1. The summed E-state index contributed by atoms with van der Waals surface area (Å²) in [6, 6.07) is 3.38. The van der Waals surface area contributed by atoms with Gasteiger partial charge in [0.05, 0.1) is 30.9 Å². The molecule has 0 saturated carbocycles. The van der Waals surface area contributed by atoms with Crippen LogP contribution in [0, 0.1) is 0 Å². The predicted molar refractivity (Wildman–Crippen MR) is 109 cm³/mol. The largest absolute Gasteiger partial charge is 0.483 e. The maximum absolute atomic E-state index is 13.0. The normalized spacial score (nSPS) is 17.9. The molecule has 11 heteroatoms. The Balaban J connectivity index is 1.56. The van der Waals surface area contributed by atoms with Crippen molar-refractivity contribution < 1.29 is 38.2 Å². The molecule has 11 nitrogen and oxygen atoms in total. The third-order valence-corrected chi connectivity index (χ3v) is 4.93. The van der Waals surface area contributed by atoms with E-state index < -0.39 is 35.6 Å². The number of carbonyl (C=O) groups excluding carboxylic acids is 5. The van der Waals surface area contributed by atoms with E-state index in [0.717, 1.165) is 4.90 Å². The summed E-state index contributed by atoms with van der Waals surface area (Å²) in [6.45, 7) is 3.63. The van der Waals surface area contributed by atoms with Gasteiger partial charge in [0.1, 0.15) is 11.8 Å². The van der Waals surface area contributed by atoms with Crippen LogP contribution in [0.4, 0.5) is 0 Å². The molecule has 3 rings (SSSR count). The maximum atomic E-state index is 13.0. The van der Waals surface area contributed by atoms with E-state index in [2.05, 4.69) is 10.6 Å². The molecule has 1 saturated heterocycles. The monoisotopic (exact) mass is 447 g/mol. The summed E-state index contributed by atoms with van der Waals surface area (Å²) >= 11 is 0. The Morgan fingerprint density at radius 2 is 1.91 bits per heavy atom. The average molecular weight is 447 g/mol. The number of carbonyl (C=O) groups is 5. The lowest BCUT2D eigenvalue weighted by molar-refractivity contribution is -0.136. The van der Waals surface area contributed by atoms with Crippen molar-refractivity contribution in [3.8, 4) is 5.75 Å². The van der Waals surface area contributed by atoms with Crippen LogP contribution in [-0.2, 0) is 23.9 Å². The molecule has 32 heavy (non-hydrogen) atoms. The zero-order valence-corrected chi connectivity index (χ0v) is 17.7. The van der Waals surface area contributed by atoms with Crippen LogP contribution in [0.25, 0.3) is 0 Å². The van der Waals surface area contributed by atoms with Crippen molar-refractivity contribution >= 4 is 29.5 Å². The van der Waals surface area contributed by atoms with Gasteiger partial charge in [-0.2, -0.15) is 0 Å². The SMILES string of the molecule is CCOCCOCCNC(=O)COc1cccc2c1C(=O)N(C1CCC(=O)NC1=O)C2=O. The number of nitrogens with zero attached hydrogens (tertiary/aromatic N) is 1. The van der Waals surface area contributed by atoms with Crippen LogP contribution in [-0.4, -0.2) is 80.1 Å². The van der Waals surface area contributed by atoms with Crippen molar-refractivity contribution in [1.82, 2.24) is 15.5 Å². The van der Waals surface area contributed by atoms with Crippen LogP contribution >= 0.6 is 0 Å². The quantitative estimate of drug-likeness (QED) is 0.346. The molecule has 2 heterocycles.